The molecule has 0 aliphatic heterocycles. The van der Waals surface area contributed by atoms with E-state index in [4.69, 9.17) is 0 Å². The lowest BCUT2D eigenvalue weighted by molar-refractivity contribution is 0.170. The van der Waals surface area contributed by atoms with Crippen LogP contribution in [-0.4, -0.2) is 21.5 Å². The third kappa shape index (κ3) is 6.64. The maximum absolute atomic E-state index is 12.3. The van der Waals surface area contributed by atoms with Crippen LogP contribution in [0.5, 0.6) is 0 Å². The Morgan fingerprint density at radius 2 is 1.90 bits per heavy atom. The van der Waals surface area contributed by atoms with Crippen molar-refractivity contribution < 1.29 is 9.32 Å². The lowest BCUT2D eigenvalue weighted by Crippen LogP contribution is -2.33. The molecule has 0 radical (unpaired) electrons. The summed E-state index contributed by atoms with van der Waals surface area (Å²) in [6, 6.07) is 7.82. The normalized spacial score (nSPS) is 15.8. The molecule has 0 saturated carbocycles. The van der Waals surface area contributed by atoms with Gasteiger partial charge in [-0.15, -0.1) is 0 Å². The van der Waals surface area contributed by atoms with Crippen molar-refractivity contribution in [1.29, 1.82) is 0 Å². The predicted octanol–water partition coefficient (Wildman–Crippen LogP) is 3.33. The van der Waals surface area contributed by atoms with Crippen LogP contribution in [0.25, 0.3) is 0 Å². The predicted molar refractivity (Wildman–Crippen MR) is 85.0 cm³/mol. The summed E-state index contributed by atoms with van der Waals surface area (Å²) in [5, 5.41) is 9.56. The molecule has 0 spiro atoms. The summed E-state index contributed by atoms with van der Waals surface area (Å²) in [7, 11) is -1.20. The number of hydrogen-bond donors (Lipinski definition) is 2. The van der Waals surface area contributed by atoms with Crippen molar-refractivity contribution in [2.75, 3.05) is 0 Å². The molecule has 3 nitrogen and oxygen atoms in total. The molecule has 0 unspecified atom stereocenters. The average molecular weight is 297 g/mol. The first-order chi connectivity index (χ1) is 9.52. The van der Waals surface area contributed by atoms with Crippen LogP contribution in [-0.2, 0) is 11.0 Å². The van der Waals surface area contributed by atoms with E-state index in [2.05, 4.69) is 11.6 Å². The van der Waals surface area contributed by atoms with Crippen LogP contribution in [0.15, 0.2) is 29.2 Å². The lowest BCUT2D eigenvalue weighted by Gasteiger charge is -2.19. The Morgan fingerprint density at radius 3 is 2.45 bits per heavy atom. The molecule has 0 heterocycles. The second-order valence-electron chi connectivity index (χ2n) is 5.48. The molecule has 0 bridgehead atoms. The van der Waals surface area contributed by atoms with Crippen LogP contribution >= 0.6 is 0 Å². The standard InChI is InChI=1S/C16H27NO2S/c1-4-5-6-7-15(12-14(3)18)17-20(19)16-10-8-13(2)9-11-16/h8-11,14-15,17-18H,4-7,12H2,1-3H3/t14-,15-,20-/m0/s1. The zero-order valence-electron chi connectivity index (χ0n) is 12.8. The van der Waals surface area contributed by atoms with Gasteiger partial charge >= 0.3 is 0 Å². The van der Waals surface area contributed by atoms with Gasteiger partial charge in [-0.05, 0) is 38.8 Å². The second kappa shape index (κ2) is 9.27. The highest BCUT2D eigenvalue weighted by molar-refractivity contribution is 7.83. The SMILES string of the molecule is CCCCC[C@@H](C[C@H](C)O)N[S@@](=O)c1ccc(C)cc1. The minimum absolute atomic E-state index is 0.101. The summed E-state index contributed by atoms with van der Waals surface area (Å²) in [5.41, 5.74) is 1.16. The fraction of sp³-hybridized carbons (Fsp3) is 0.625. The first kappa shape index (κ1) is 17.3. The molecule has 4 heteroatoms. The van der Waals surface area contributed by atoms with Gasteiger partial charge in [0, 0.05) is 6.04 Å². The highest BCUT2D eigenvalue weighted by atomic mass is 32.2. The molecule has 20 heavy (non-hydrogen) atoms. The molecule has 1 aromatic rings. The maximum atomic E-state index is 12.3. The fourth-order valence-corrected chi connectivity index (χ4v) is 3.19. The van der Waals surface area contributed by atoms with Crippen LogP contribution in [0.4, 0.5) is 0 Å². The highest BCUT2D eigenvalue weighted by Gasteiger charge is 2.15. The Hall–Kier alpha value is -0.710. The molecule has 0 amide bonds. The Kier molecular flexibility index (Phi) is 8.04. The number of unbranched alkanes of at least 4 members (excludes halogenated alkanes) is 2. The zero-order valence-corrected chi connectivity index (χ0v) is 13.6. The van der Waals surface area contributed by atoms with Crippen LogP contribution in [0.1, 0.15) is 51.5 Å². The summed E-state index contributed by atoms with van der Waals surface area (Å²) >= 11 is 0. The van der Waals surface area contributed by atoms with Gasteiger partial charge in [0.05, 0.1) is 11.0 Å². The van der Waals surface area contributed by atoms with Crippen LogP contribution < -0.4 is 4.72 Å². The number of aryl methyl sites for hydroxylation is 1. The Balaban J connectivity index is 2.58. The van der Waals surface area contributed by atoms with Crippen LogP contribution in [0, 0.1) is 6.92 Å². The molecule has 0 fully saturated rings. The Bertz CT molecular complexity index is 403. The van der Waals surface area contributed by atoms with Gasteiger partial charge in [-0.25, -0.2) is 8.93 Å². The molecule has 114 valence electrons. The van der Waals surface area contributed by atoms with Gasteiger partial charge in [0.25, 0.3) is 0 Å². The van der Waals surface area contributed by atoms with Gasteiger partial charge in [0.15, 0.2) is 0 Å². The molecule has 0 saturated heterocycles. The minimum Gasteiger partial charge on any atom is -0.393 e. The molecule has 2 N–H and O–H groups in total. The summed E-state index contributed by atoms with van der Waals surface area (Å²) < 4.78 is 15.5. The van der Waals surface area contributed by atoms with Crippen molar-refractivity contribution >= 4 is 11.0 Å². The van der Waals surface area contributed by atoms with E-state index >= 15 is 0 Å². The molecular formula is C16H27NO2S. The molecule has 1 aromatic carbocycles. The summed E-state index contributed by atoms with van der Waals surface area (Å²) in [4.78, 5) is 0.793. The van der Waals surface area contributed by atoms with Crippen LogP contribution in [0.3, 0.4) is 0 Å². The Labute approximate surface area is 125 Å². The van der Waals surface area contributed by atoms with Crippen molar-refractivity contribution in [2.24, 2.45) is 0 Å². The van der Waals surface area contributed by atoms with E-state index in [-0.39, 0.29) is 12.1 Å². The minimum atomic E-state index is -1.20. The number of aliphatic hydroxyl groups excluding tert-OH is 1. The third-order valence-corrected chi connectivity index (χ3v) is 4.54. The van der Waals surface area contributed by atoms with E-state index in [1.807, 2.05) is 31.2 Å². The van der Waals surface area contributed by atoms with Gasteiger partial charge in [-0.2, -0.15) is 0 Å². The molecule has 1 rings (SSSR count). The van der Waals surface area contributed by atoms with Gasteiger partial charge < -0.3 is 5.11 Å². The molecule has 3 atom stereocenters. The number of benzene rings is 1. The number of hydrogen-bond acceptors (Lipinski definition) is 2. The summed E-state index contributed by atoms with van der Waals surface area (Å²) in [6.07, 6.45) is 4.67. The van der Waals surface area contributed by atoms with Crippen molar-refractivity contribution in [3.63, 3.8) is 0 Å². The van der Waals surface area contributed by atoms with Crippen molar-refractivity contribution in [3.05, 3.63) is 29.8 Å². The van der Waals surface area contributed by atoms with E-state index < -0.39 is 11.0 Å². The molecule has 0 aliphatic carbocycles. The molecule has 0 aliphatic rings. The van der Waals surface area contributed by atoms with Gasteiger partial charge in [-0.3, -0.25) is 0 Å². The van der Waals surface area contributed by atoms with E-state index in [0.29, 0.717) is 6.42 Å². The Morgan fingerprint density at radius 1 is 1.25 bits per heavy atom. The fourth-order valence-electron chi connectivity index (χ4n) is 2.16. The largest absolute Gasteiger partial charge is 0.393 e. The summed E-state index contributed by atoms with van der Waals surface area (Å²) in [6.45, 7) is 5.96. The van der Waals surface area contributed by atoms with Crippen molar-refractivity contribution in [1.82, 2.24) is 4.72 Å². The number of aliphatic hydroxyl groups is 1. The first-order valence-corrected chi connectivity index (χ1v) is 8.60. The zero-order chi connectivity index (χ0) is 15.0. The average Bonchev–Trinajstić information content (AvgIpc) is 2.38. The van der Waals surface area contributed by atoms with E-state index in [1.54, 1.807) is 6.92 Å². The monoisotopic (exact) mass is 297 g/mol. The van der Waals surface area contributed by atoms with Gasteiger partial charge in [-0.1, -0.05) is 43.9 Å². The topological polar surface area (TPSA) is 49.3 Å². The maximum Gasteiger partial charge on any atom is 0.125 e. The summed E-state index contributed by atoms with van der Waals surface area (Å²) in [5.74, 6) is 0. The first-order valence-electron chi connectivity index (χ1n) is 7.45. The van der Waals surface area contributed by atoms with E-state index in [9.17, 15) is 9.32 Å². The highest BCUT2D eigenvalue weighted by Crippen LogP contribution is 2.13. The second-order valence-corrected chi connectivity index (χ2v) is 6.72. The molecule has 0 aromatic heterocycles. The van der Waals surface area contributed by atoms with Crippen molar-refractivity contribution in [3.8, 4) is 0 Å². The van der Waals surface area contributed by atoms with Crippen molar-refractivity contribution in [2.45, 2.75) is 69.9 Å². The lowest BCUT2D eigenvalue weighted by atomic mass is 10.0. The molecular weight excluding hydrogens is 270 g/mol. The number of rotatable bonds is 9. The third-order valence-electron chi connectivity index (χ3n) is 3.29. The number of nitrogens with one attached hydrogen (secondary N) is 1. The quantitative estimate of drug-likeness (QED) is 0.687. The van der Waals surface area contributed by atoms with E-state index in [1.165, 1.54) is 12.8 Å². The van der Waals surface area contributed by atoms with Gasteiger partial charge in [0.2, 0.25) is 0 Å². The van der Waals surface area contributed by atoms with Gasteiger partial charge in [0.1, 0.15) is 11.0 Å². The smallest absolute Gasteiger partial charge is 0.125 e. The van der Waals surface area contributed by atoms with E-state index in [0.717, 1.165) is 23.3 Å². The van der Waals surface area contributed by atoms with Crippen LogP contribution in [0.2, 0.25) is 0 Å².